The smallest absolute Gasteiger partial charge is 0.267 e. The van der Waals surface area contributed by atoms with Crippen LogP contribution in [0.1, 0.15) is 12.5 Å². The second kappa shape index (κ2) is 4.38. The molecule has 2 aromatic rings. The molecule has 1 aromatic heterocycles. The van der Waals surface area contributed by atoms with Gasteiger partial charge in [-0.2, -0.15) is 5.10 Å². The van der Waals surface area contributed by atoms with Crippen LogP contribution in [0.2, 0.25) is 0 Å². The number of hydrogen-bond acceptors (Lipinski definition) is 3. The van der Waals surface area contributed by atoms with Crippen molar-refractivity contribution in [2.75, 3.05) is 10.8 Å². The Morgan fingerprint density at radius 3 is 2.89 bits per heavy atom. The number of rotatable bonds is 2. The lowest BCUT2D eigenvalue weighted by Crippen LogP contribution is -2.39. The first-order chi connectivity index (χ1) is 9.09. The van der Waals surface area contributed by atoms with E-state index >= 15 is 0 Å². The Morgan fingerprint density at radius 1 is 1.37 bits per heavy atom. The van der Waals surface area contributed by atoms with Gasteiger partial charge in [0.15, 0.2) is 0 Å². The number of nitrogens with zero attached hydrogens (tertiary/aromatic N) is 2. The van der Waals surface area contributed by atoms with Gasteiger partial charge in [0.05, 0.1) is 11.9 Å². The van der Waals surface area contributed by atoms with E-state index in [2.05, 4.69) is 17.1 Å². The maximum atomic E-state index is 12.6. The molecule has 0 bridgehead atoms. The number of aromatic amines is 1. The number of hydrogen-bond donors (Lipinski definition) is 1. The summed E-state index contributed by atoms with van der Waals surface area (Å²) in [6.45, 7) is 2.57. The highest BCUT2D eigenvalue weighted by Gasteiger charge is 2.31. The second-order valence-electron chi connectivity index (χ2n) is 4.91. The summed E-state index contributed by atoms with van der Waals surface area (Å²) in [5, 5.41) is 6.28. The van der Waals surface area contributed by atoms with Crippen LogP contribution < -0.4 is 4.31 Å². The molecule has 5 nitrogen and oxygen atoms in total. The normalized spacial score (nSPS) is 19.2. The predicted molar refractivity (Wildman–Crippen MR) is 72.4 cm³/mol. The van der Waals surface area contributed by atoms with Crippen molar-refractivity contribution in [3.8, 4) is 0 Å². The molecule has 1 aromatic carbocycles. The molecule has 100 valence electrons. The van der Waals surface area contributed by atoms with Crippen molar-refractivity contribution in [1.29, 1.82) is 0 Å². The summed E-state index contributed by atoms with van der Waals surface area (Å²) in [4.78, 5) is 0.205. The van der Waals surface area contributed by atoms with Crippen molar-refractivity contribution in [2.45, 2.75) is 18.2 Å². The molecule has 1 aliphatic rings. The standard InChI is InChI=1S/C13H15N3O2S/c1-10-6-11-4-2-3-5-13(11)16(9-10)19(17,18)12-7-14-15-8-12/h2-5,7-8,10H,6,9H2,1H3,(H,14,15). The third kappa shape index (κ3) is 2.02. The molecule has 6 heteroatoms. The Labute approximate surface area is 112 Å². The molecule has 19 heavy (non-hydrogen) atoms. The first-order valence-corrected chi connectivity index (χ1v) is 7.62. The maximum absolute atomic E-state index is 12.6. The van der Waals surface area contributed by atoms with E-state index in [1.54, 1.807) is 0 Å². The van der Waals surface area contributed by atoms with Crippen molar-refractivity contribution >= 4 is 15.7 Å². The minimum Gasteiger partial charge on any atom is -0.284 e. The number of aromatic nitrogens is 2. The van der Waals surface area contributed by atoms with Crippen LogP contribution in [-0.2, 0) is 16.4 Å². The van der Waals surface area contributed by atoms with Crippen LogP contribution in [0.5, 0.6) is 0 Å². The van der Waals surface area contributed by atoms with Gasteiger partial charge in [0, 0.05) is 12.7 Å². The van der Waals surface area contributed by atoms with Crippen molar-refractivity contribution < 1.29 is 8.42 Å². The van der Waals surface area contributed by atoms with Gasteiger partial charge in [-0.15, -0.1) is 0 Å². The summed E-state index contributed by atoms with van der Waals surface area (Å²) >= 11 is 0. The second-order valence-corrected chi connectivity index (χ2v) is 6.77. The molecule has 0 spiro atoms. The van der Waals surface area contributed by atoms with E-state index in [1.807, 2.05) is 24.3 Å². The summed E-state index contributed by atoms with van der Waals surface area (Å²) in [6, 6.07) is 7.66. The molecular weight excluding hydrogens is 262 g/mol. The molecule has 0 fully saturated rings. The molecule has 0 amide bonds. The molecule has 2 heterocycles. The zero-order chi connectivity index (χ0) is 13.5. The van der Waals surface area contributed by atoms with Crippen LogP contribution in [0.25, 0.3) is 0 Å². The van der Waals surface area contributed by atoms with Crippen LogP contribution in [0.15, 0.2) is 41.6 Å². The Kier molecular flexibility index (Phi) is 2.82. The van der Waals surface area contributed by atoms with Gasteiger partial charge in [-0.1, -0.05) is 25.1 Å². The van der Waals surface area contributed by atoms with Crippen molar-refractivity contribution in [3.05, 3.63) is 42.2 Å². The third-order valence-corrected chi connectivity index (χ3v) is 5.11. The van der Waals surface area contributed by atoms with Gasteiger partial charge >= 0.3 is 0 Å². The largest absolute Gasteiger partial charge is 0.284 e. The number of anilines is 1. The van der Waals surface area contributed by atoms with Gasteiger partial charge in [-0.05, 0) is 24.0 Å². The lowest BCUT2D eigenvalue weighted by Gasteiger charge is -2.33. The highest BCUT2D eigenvalue weighted by molar-refractivity contribution is 7.92. The van der Waals surface area contributed by atoms with Gasteiger partial charge < -0.3 is 0 Å². The lowest BCUT2D eigenvalue weighted by atomic mass is 9.96. The number of benzene rings is 1. The highest BCUT2D eigenvalue weighted by atomic mass is 32.2. The predicted octanol–water partition coefficient (Wildman–Crippen LogP) is 1.80. The Bertz CT molecular complexity index is 680. The number of sulfonamides is 1. The Balaban J connectivity index is 2.11. The van der Waals surface area contributed by atoms with E-state index in [0.717, 1.165) is 17.7 Å². The average Bonchev–Trinajstić information content (AvgIpc) is 2.92. The van der Waals surface area contributed by atoms with Gasteiger partial charge in [0.2, 0.25) is 0 Å². The monoisotopic (exact) mass is 277 g/mol. The summed E-state index contributed by atoms with van der Waals surface area (Å²) in [5.74, 6) is 0.302. The van der Waals surface area contributed by atoms with E-state index in [-0.39, 0.29) is 4.90 Å². The molecule has 1 aliphatic heterocycles. The topological polar surface area (TPSA) is 66.1 Å². The van der Waals surface area contributed by atoms with Crippen LogP contribution in [0.3, 0.4) is 0 Å². The molecule has 1 unspecified atom stereocenters. The zero-order valence-corrected chi connectivity index (χ0v) is 11.4. The quantitative estimate of drug-likeness (QED) is 0.910. The molecular formula is C13H15N3O2S. The number of fused-ring (bicyclic) bond motifs is 1. The number of nitrogens with one attached hydrogen (secondary N) is 1. The van der Waals surface area contributed by atoms with Crippen LogP contribution in [-0.4, -0.2) is 25.2 Å². The first kappa shape index (κ1) is 12.2. The van der Waals surface area contributed by atoms with Crippen molar-refractivity contribution in [1.82, 2.24) is 10.2 Å². The number of H-pyrrole nitrogens is 1. The zero-order valence-electron chi connectivity index (χ0n) is 10.6. The molecule has 3 rings (SSSR count). The van der Waals surface area contributed by atoms with E-state index in [4.69, 9.17) is 0 Å². The lowest BCUT2D eigenvalue weighted by molar-refractivity contribution is 0.545. The van der Waals surface area contributed by atoms with E-state index < -0.39 is 10.0 Å². The summed E-state index contributed by atoms with van der Waals surface area (Å²) < 4.78 is 26.7. The minimum atomic E-state index is -3.53. The van der Waals surface area contributed by atoms with Crippen LogP contribution in [0.4, 0.5) is 5.69 Å². The molecule has 0 saturated heterocycles. The van der Waals surface area contributed by atoms with Gasteiger partial charge in [0.1, 0.15) is 4.90 Å². The van der Waals surface area contributed by atoms with E-state index in [9.17, 15) is 8.42 Å². The maximum Gasteiger partial charge on any atom is 0.267 e. The molecule has 0 radical (unpaired) electrons. The van der Waals surface area contributed by atoms with E-state index in [1.165, 1.54) is 16.7 Å². The fourth-order valence-corrected chi connectivity index (χ4v) is 4.01. The number of para-hydroxylation sites is 1. The van der Waals surface area contributed by atoms with Gasteiger partial charge in [-0.3, -0.25) is 9.40 Å². The first-order valence-electron chi connectivity index (χ1n) is 6.18. The van der Waals surface area contributed by atoms with Crippen molar-refractivity contribution in [2.24, 2.45) is 5.92 Å². The fourth-order valence-electron chi connectivity index (χ4n) is 2.48. The fraction of sp³-hybridized carbons (Fsp3) is 0.308. The van der Waals surface area contributed by atoms with Crippen LogP contribution in [0, 0.1) is 5.92 Å². The molecule has 0 aliphatic carbocycles. The van der Waals surface area contributed by atoms with Gasteiger partial charge in [-0.25, -0.2) is 8.42 Å². The van der Waals surface area contributed by atoms with Crippen LogP contribution >= 0.6 is 0 Å². The average molecular weight is 277 g/mol. The summed E-state index contributed by atoms with van der Waals surface area (Å²) in [5.41, 5.74) is 1.86. The summed E-state index contributed by atoms with van der Waals surface area (Å²) in [7, 11) is -3.53. The Morgan fingerprint density at radius 2 is 2.16 bits per heavy atom. The minimum absolute atomic E-state index is 0.205. The molecule has 1 N–H and O–H groups in total. The highest BCUT2D eigenvalue weighted by Crippen LogP contribution is 2.33. The third-order valence-electron chi connectivity index (χ3n) is 3.37. The molecule has 1 atom stereocenters. The van der Waals surface area contributed by atoms with E-state index in [0.29, 0.717) is 12.5 Å². The summed E-state index contributed by atoms with van der Waals surface area (Å²) in [6.07, 6.45) is 3.67. The Hall–Kier alpha value is -1.82. The SMILES string of the molecule is CC1Cc2ccccc2N(S(=O)(=O)c2cn[nH]c2)C1. The van der Waals surface area contributed by atoms with Crippen molar-refractivity contribution in [3.63, 3.8) is 0 Å². The van der Waals surface area contributed by atoms with Gasteiger partial charge in [0.25, 0.3) is 10.0 Å². The molecule has 0 saturated carbocycles.